The zero-order valence-corrected chi connectivity index (χ0v) is 15.7. The number of rotatable bonds is 6. The van der Waals surface area contributed by atoms with Crippen LogP contribution in [-0.2, 0) is 10.2 Å². The van der Waals surface area contributed by atoms with Crippen molar-refractivity contribution in [1.29, 1.82) is 0 Å². The molecule has 1 atom stereocenters. The Hall–Kier alpha value is -1.43. The number of benzene rings is 1. The molecule has 3 rings (SSSR count). The molecule has 1 aliphatic carbocycles. The van der Waals surface area contributed by atoms with Gasteiger partial charge in [0.2, 0.25) is 5.91 Å². The summed E-state index contributed by atoms with van der Waals surface area (Å²) in [6.45, 7) is 7.17. The number of hydrogen-bond donors (Lipinski definition) is 1. The topological polar surface area (TPSA) is 47.0 Å². The molecule has 2 aliphatic rings. The highest BCUT2D eigenvalue weighted by Crippen LogP contribution is 2.50. The van der Waals surface area contributed by atoms with Gasteiger partial charge in [-0.2, -0.15) is 0 Å². The molecule has 1 unspecified atom stereocenters. The van der Waals surface area contributed by atoms with E-state index in [4.69, 9.17) is 0 Å². The highest BCUT2D eigenvalue weighted by atomic mass is 16.3. The molecular weight excluding hydrogens is 314 g/mol. The van der Waals surface area contributed by atoms with E-state index in [1.807, 2.05) is 19.2 Å². The fraction of sp³-hybridized carbons (Fsp3) is 0.650. The largest absolute Gasteiger partial charge is 0.390 e. The second-order valence-corrected chi connectivity index (χ2v) is 7.84. The van der Waals surface area contributed by atoms with E-state index in [0.717, 1.165) is 44.6 Å². The molecule has 138 valence electrons. The van der Waals surface area contributed by atoms with Crippen LogP contribution in [0.4, 0.5) is 0 Å². The molecule has 1 heterocycles. The predicted molar refractivity (Wildman–Crippen MR) is 99.7 cm³/mol. The molecule has 1 amide bonds. The number of hydrogen-bond acceptors (Lipinski definition) is 4. The first kappa shape index (κ1) is 18.4. The molecule has 0 bridgehead atoms. The zero-order chi connectivity index (χ0) is 18.0. The van der Waals surface area contributed by atoms with Gasteiger partial charge < -0.3 is 14.9 Å². The highest BCUT2D eigenvalue weighted by Gasteiger charge is 2.53. The van der Waals surface area contributed by atoms with E-state index in [-0.39, 0.29) is 11.3 Å². The summed E-state index contributed by atoms with van der Waals surface area (Å²) in [7, 11) is 3.95. The van der Waals surface area contributed by atoms with Crippen LogP contribution in [0.15, 0.2) is 24.3 Å². The standard InChI is InChI=1S/C20H31N3O2/c1-16-6-4-5-7-18(16)20(8-9-20)19(25)22(3)14-17(24)15-23-12-10-21(2)11-13-23/h4-7,17,24H,8-15H2,1-3H3. The first-order valence-corrected chi connectivity index (χ1v) is 9.33. The van der Waals surface area contributed by atoms with Crippen molar-refractivity contribution < 1.29 is 9.90 Å². The van der Waals surface area contributed by atoms with E-state index in [2.05, 4.69) is 35.9 Å². The molecule has 0 aromatic heterocycles. The van der Waals surface area contributed by atoms with Crippen LogP contribution in [0.5, 0.6) is 0 Å². The lowest BCUT2D eigenvalue weighted by atomic mass is 9.90. The third kappa shape index (κ3) is 4.05. The minimum Gasteiger partial charge on any atom is -0.390 e. The number of aliphatic hydroxyl groups is 1. The van der Waals surface area contributed by atoms with Gasteiger partial charge in [0.1, 0.15) is 0 Å². The minimum atomic E-state index is -0.495. The van der Waals surface area contributed by atoms with Crippen molar-refractivity contribution in [2.75, 3.05) is 53.4 Å². The maximum Gasteiger partial charge on any atom is 0.233 e. The van der Waals surface area contributed by atoms with E-state index in [9.17, 15) is 9.90 Å². The lowest BCUT2D eigenvalue weighted by molar-refractivity contribution is -0.134. The van der Waals surface area contributed by atoms with Crippen LogP contribution in [0.3, 0.4) is 0 Å². The van der Waals surface area contributed by atoms with Crippen LogP contribution < -0.4 is 0 Å². The smallest absolute Gasteiger partial charge is 0.233 e. The number of likely N-dealkylation sites (N-methyl/N-ethyl adjacent to an activating group) is 2. The Labute approximate surface area is 151 Å². The summed E-state index contributed by atoms with van der Waals surface area (Å²) in [5.41, 5.74) is 1.98. The van der Waals surface area contributed by atoms with Gasteiger partial charge >= 0.3 is 0 Å². The lowest BCUT2D eigenvalue weighted by Gasteiger charge is -2.34. The van der Waals surface area contributed by atoms with E-state index in [1.54, 1.807) is 4.90 Å². The number of amides is 1. The average molecular weight is 345 g/mol. The van der Waals surface area contributed by atoms with Crippen molar-refractivity contribution in [2.45, 2.75) is 31.3 Å². The van der Waals surface area contributed by atoms with Crippen molar-refractivity contribution in [2.24, 2.45) is 0 Å². The van der Waals surface area contributed by atoms with E-state index >= 15 is 0 Å². The Balaban J connectivity index is 1.57. The molecule has 1 aliphatic heterocycles. The van der Waals surface area contributed by atoms with Gasteiger partial charge in [0.15, 0.2) is 0 Å². The third-order valence-corrected chi connectivity index (χ3v) is 5.72. The highest BCUT2D eigenvalue weighted by molar-refractivity contribution is 5.91. The quantitative estimate of drug-likeness (QED) is 0.839. The molecule has 1 N–H and O–H groups in total. The summed E-state index contributed by atoms with van der Waals surface area (Å²) >= 11 is 0. The molecule has 5 heteroatoms. The van der Waals surface area contributed by atoms with Gasteiger partial charge in [-0.05, 0) is 37.9 Å². The number of aliphatic hydroxyl groups excluding tert-OH is 1. The van der Waals surface area contributed by atoms with Crippen molar-refractivity contribution in [1.82, 2.24) is 14.7 Å². The first-order valence-electron chi connectivity index (χ1n) is 9.33. The summed E-state index contributed by atoms with van der Waals surface area (Å²) in [6.07, 6.45) is 1.33. The lowest BCUT2D eigenvalue weighted by Crippen LogP contribution is -2.49. The number of aryl methyl sites for hydroxylation is 1. The average Bonchev–Trinajstić information content (AvgIpc) is 3.38. The Kier molecular flexibility index (Phi) is 5.46. The van der Waals surface area contributed by atoms with Crippen LogP contribution in [0.1, 0.15) is 24.0 Å². The number of carbonyl (C=O) groups excluding carboxylic acids is 1. The van der Waals surface area contributed by atoms with Crippen molar-refractivity contribution in [3.05, 3.63) is 35.4 Å². The summed E-state index contributed by atoms with van der Waals surface area (Å²) in [6, 6.07) is 8.18. The second-order valence-electron chi connectivity index (χ2n) is 7.84. The Morgan fingerprint density at radius 2 is 1.88 bits per heavy atom. The fourth-order valence-electron chi connectivity index (χ4n) is 3.98. The Morgan fingerprint density at radius 3 is 2.48 bits per heavy atom. The van der Waals surface area contributed by atoms with E-state index < -0.39 is 6.10 Å². The molecule has 2 fully saturated rings. The Morgan fingerprint density at radius 1 is 1.24 bits per heavy atom. The minimum absolute atomic E-state index is 0.152. The van der Waals surface area contributed by atoms with Crippen molar-refractivity contribution >= 4 is 5.91 Å². The number of β-amino-alcohol motifs (C(OH)–C–C–N with tert-alkyl or cyclic N) is 1. The van der Waals surface area contributed by atoms with Gasteiger partial charge in [0.25, 0.3) is 0 Å². The van der Waals surface area contributed by atoms with Crippen molar-refractivity contribution in [3.8, 4) is 0 Å². The molecule has 0 spiro atoms. The SMILES string of the molecule is Cc1ccccc1C1(C(=O)N(C)CC(O)CN2CCN(C)CC2)CC1. The molecule has 1 saturated heterocycles. The third-order valence-electron chi connectivity index (χ3n) is 5.72. The van der Waals surface area contributed by atoms with E-state index in [0.29, 0.717) is 13.1 Å². The summed E-state index contributed by atoms with van der Waals surface area (Å²) < 4.78 is 0. The maximum atomic E-state index is 13.0. The normalized spacial score (nSPS) is 21.8. The van der Waals surface area contributed by atoms with E-state index in [1.165, 1.54) is 5.56 Å². The zero-order valence-electron chi connectivity index (χ0n) is 15.7. The molecule has 25 heavy (non-hydrogen) atoms. The van der Waals surface area contributed by atoms with Crippen LogP contribution in [0.2, 0.25) is 0 Å². The number of nitrogens with zero attached hydrogens (tertiary/aromatic N) is 3. The summed E-state index contributed by atoms with van der Waals surface area (Å²) in [5.74, 6) is 0.152. The molecule has 1 aromatic rings. The maximum absolute atomic E-state index is 13.0. The second kappa shape index (κ2) is 7.44. The molecule has 5 nitrogen and oxygen atoms in total. The monoisotopic (exact) mass is 345 g/mol. The summed E-state index contributed by atoms with van der Waals surface area (Å²) in [4.78, 5) is 19.4. The van der Waals surface area contributed by atoms with Crippen molar-refractivity contribution in [3.63, 3.8) is 0 Å². The van der Waals surface area contributed by atoms with Crippen LogP contribution >= 0.6 is 0 Å². The molecule has 1 saturated carbocycles. The Bertz CT molecular complexity index is 607. The van der Waals surface area contributed by atoms with Crippen LogP contribution in [0, 0.1) is 6.92 Å². The van der Waals surface area contributed by atoms with Crippen LogP contribution in [-0.4, -0.2) is 85.2 Å². The van der Waals surface area contributed by atoms with Gasteiger partial charge in [-0.3, -0.25) is 9.69 Å². The van der Waals surface area contributed by atoms with Gasteiger partial charge in [0.05, 0.1) is 11.5 Å². The van der Waals surface area contributed by atoms with Gasteiger partial charge in [-0.15, -0.1) is 0 Å². The number of piperazine rings is 1. The van der Waals surface area contributed by atoms with Gasteiger partial charge in [-0.25, -0.2) is 0 Å². The fourth-order valence-corrected chi connectivity index (χ4v) is 3.98. The van der Waals surface area contributed by atoms with Crippen LogP contribution in [0.25, 0.3) is 0 Å². The van der Waals surface area contributed by atoms with Gasteiger partial charge in [0, 0.05) is 46.3 Å². The molecule has 0 radical (unpaired) electrons. The number of carbonyl (C=O) groups is 1. The first-order chi connectivity index (χ1) is 11.9. The summed E-state index contributed by atoms with van der Waals surface area (Å²) in [5, 5.41) is 10.4. The molecular formula is C20H31N3O2. The van der Waals surface area contributed by atoms with Gasteiger partial charge in [-0.1, -0.05) is 24.3 Å². The molecule has 1 aromatic carbocycles. The predicted octanol–water partition coefficient (Wildman–Crippen LogP) is 1.09.